The molecule has 0 aliphatic carbocycles. The number of hydrogen-bond acceptors (Lipinski definition) is 5. The number of rotatable bonds is 7. The maximum absolute atomic E-state index is 11.4. The molecule has 0 amide bonds. The number of carboxylic acids is 1. The lowest BCUT2D eigenvalue weighted by Gasteiger charge is -2.21. The predicted molar refractivity (Wildman–Crippen MR) is 85.9 cm³/mol. The molecule has 0 radical (unpaired) electrons. The van der Waals surface area contributed by atoms with Crippen molar-refractivity contribution in [3.8, 4) is 0 Å². The summed E-state index contributed by atoms with van der Waals surface area (Å²) in [6.45, 7) is 10.4. The van der Waals surface area contributed by atoms with Crippen LogP contribution in [0.4, 0.5) is 5.82 Å². The molecule has 6 nitrogen and oxygen atoms in total. The van der Waals surface area contributed by atoms with Gasteiger partial charge in [0.1, 0.15) is 17.7 Å². The first-order valence-corrected chi connectivity index (χ1v) is 7.50. The minimum Gasteiger partial charge on any atom is -0.480 e. The Bertz CT molecular complexity index is 510. The van der Waals surface area contributed by atoms with E-state index < -0.39 is 12.0 Å². The molecular formula is C16H27N3O3. The Labute approximate surface area is 132 Å². The average molecular weight is 309 g/mol. The first kappa shape index (κ1) is 18.4. The first-order valence-electron chi connectivity index (χ1n) is 7.50. The summed E-state index contributed by atoms with van der Waals surface area (Å²) in [7, 11) is 1.60. The van der Waals surface area contributed by atoms with Gasteiger partial charge in [-0.25, -0.2) is 14.8 Å². The van der Waals surface area contributed by atoms with Gasteiger partial charge in [-0.3, -0.25) is 0 Å². The molecule has 2 N–H and O–H groups in total. The number of ether oxygens (including phenoxy) is 1. The Balaban J connectivity index is 3.10. The Morgan fingerprint density at radius 3 is 2.45 bits per heavy atom. The van der Waals surface area contributed by atoms with Crippen molar-refractivity contribution in [3.63, 3.8) is 0 Å². The average Bonchev–Trinajstić information content (AvgIpc) is 2.36. The van der Waals surface area contributed by atoms with E-state index in [0.29, 0.717) is 24.7 Å². The van der Waals surface area contributed by atoms with Gasteiger partial charge in [0.2, 0.25) is 0 Å². The third-order valence-electron chi connectivity index (χ3n) is 3.07. The highest BCUT2D eigenvalue weighted by Gasteiger charge is 2.22. The minimum atomic E-state index is -0.877. The second-order valence-electron chi connectivity index (χ2n) is 6.92. The number of carboxylic acid groups (broad SMARTS) is 1. The molecule has 22 heavy (non-hydrogen) atoms. The standard InChI is InChI=1S/C16H27N3O3/c1-10(2)7-12(14(20)21)18-13-8-11(9-22-6)17-15(19-13)16(3,4)5/h8,10,12H,7,9H2,1-6H3,(H,20,21)(H,17,18,19)/t12-/m0/s1. The van der Waals surface area contributed by atoms with Crippen LogP contribution in [0.5, 0.6) is 0 Å². The van der Waals surface area contributed by atoms with Crippen molar-refractivity contribution >= 4 is 11.8 Å². The van der Waals surface area contributed by atoms with E-state index in [1.165, 1.54) is 0 Å². The summed E-state index contributed by atoms with van der Waals surface area (Å²) < 4.78 is 5.13. The molecular weight excluding hydrogens is 282 g/mol. The summed E-state index contributed by atoms with van der Waals surface area (Å²) in [5, 5.41) is 12.4. The number of aromatic nitrogens is 2. The zero-order valence-electron chi connectivity index (χ0n) is 14.3. The van der Waals surface area contributed by atoms with Crippen LogP contribution in [-0.4, -0.2) is 34.2 Å². The summed E-state index contributed by atoms with van der Waals surface area (Å²) in [5.41, 5.74) is 0.510. The van der Waals surface area contributed by atoms with Crippen LogP contribution < -0.4 is 5.32 Å². The number of carbonyl (C=O) groups is 1. The molecule has 1 aromatic rings. The van der Waals surface area contributed by atoms with Gasteiger partial charge in [0.25, 0.3) is 0 Å². The molecule has 0 bridgehead atoms. The summed E-state index contributed by atoms with van der Waals surface area (Å²) in [6.07, 6.45) is 0.532. The van der Waals surface area contributed by atoms with E-state index in [1.54, 1.807) is 13.2 Å². The molecule has 0 spiro atoms. The van der Waals surface area contributed by atoms with E-state index >= 15 is 0 Å². The van der Waals surface area contributed by atoms with Crippen molar-refractivity contribution in [2.75, 3.05) is 12.4 Å². The molecule has 0 aliphatic rings. The van der Waals surface area contributed by atoms with E-state index in [2.05, 4.69) is 15.3 Å². The fourth-order valence-electron chi connectivity index (χ4n) is 2.00. The van der Waals surface area contributed by atoms with Crippen LogP contribution in [0.1, 0.15) is 52.6 Å². The predicted octanol–water partition coefficient (Wildman–Crippen LogP) is 2.83. The van der Waals surface area contributed by atoms with Crippen molar-refractivity contribution in [3.05, 3.63) is 17.6 Å². The summed E-state index contributed by atoms with van der Waals surface area (Å²) >= 11 is 0. The second-order valence-corrected chi connectivity index (χ2v) is 6.92. The van der Waals surface area contributed by atoms with E-state index in [0.717, 1.165) is 5.69 Å². The Morgan fingerprint density at radius 1 is 1.36 bits per heavy atom. The molecule has 0 unspecified atom stereocenters. The van der Waals surface area contributed by atoms with Crippen LogP contribution in [0, 0.1) is 5.92 Å². The molecule has 0 aliphatic heterocycles. The van der Waals surface area contributed by atoms with E-state index in [1.807, 2.05) is 34.6 Å². The topological polar surface area (TPSA) is 84.3 Å². The first-order chi connectivity index (χ1) is 10.1. The maximum atomic E-state index is 11.4. The number of nitrogens with zero attached hydrogens (tertiary/aromatic N) is 2. The van der Waals surface area contributed by atoms with Crippen molar-refractivity contribution < 1.29 is 14.6 Å². The quantitative estimate of drug-likeness (QED) is 0.805. The van der Waals surface area contributed by atoms with Gasteiger partial charge in [0.15, 0.2) is 0 Å². The monoisotopic (exact) mass is 309 g/mol. The lowest BCUT2D eigenvalue weighted by atomic mass is 9.95. The number of nitrogens with one attached hydrogen (secondary N) is 1. The number of methoxy groups -OCH3 is 1. The SMILES string of the molecule is COCc1cc(N[C@@H](CC(C)C)C(=O)O)nc(C(C)(C)C)n1. The van der Waals surface area contributed by atoms with Gasteiger partial charge in [-0.15, -0.1) is 0 Å². The molecule has 0 saturated heterocycles. The smallest absolute Gasteiger partial charge is 0.326 e. The van der Waals surface area contributed by atoms with Crippen molar-refractivity contribution in [2.24, 2.45) is 5.92 Å². The molecule has 0 aromatic carbocycles. The highest BCUT2D eigenvalue weighted by molar-refractivity contribution is 5.76. The highest BCUT2D eigenvalue weighted by Crippen LogP contribution is 2.21. The van der Waals surface area contributed by atoms with E-state index in [9.17, 15) is 9.90 Å². The summed E-state index contributed by atoms with van der Waals surface area (Å²) in [6, 6.07) is 1.08. The van der Waals surface area contributed by atoms with Crippen molar-refractivity contribution in [1.82, 2.24) is 9.97 Å². The van der Waals surface area contributed by atoms with Crippen LogP contribution in [0.15, 0.2) is 6.07 Å². The minimum absolute atomic E-state index is 0.225. The van der Waals surface area contributed by atoms with Crippen LogP contribution in [0.2, 0.25) is 0 Å². The largest absolute Gasteiger partial charge is 0.480 e. The Kier molecular flexibility index (Phi) is 6.29. The van der Waals surface area contributed by atoms with Crippen LogP contribution in [0.3, 0.4) is 0 Å². The molecule has 1 aromatic heterocycles. The van der Waals surface area contributed by atoms with Gasteiger partial charge in [-0.1, -0.05) is 34.6 Å². The highest BCUT2D eigenvalue weighted by atomic mass is 16.5. The number of hydrogen-bond donors (Lipinski definition) is 2. The fraction of sp³-hybridized carbons (Fsp3) is 0.688. The van der Waals surface area contributed by atoms with E-state index in [4.69, 9.17) is 4.74 Å². The molecule has 1 atom stereocenters. The van der Waals surface area contributed by atoms with Crippen LogP contribution in [0.25, 0.3) is 0 Å². The van der Waals surface area contributed by atoms with Crippen molar-refractivity contribution in [2.45, 2.75) is 59.1 Å². The molecule has 6 heteroatoms. The molecule has 0 fully saturated rings. The maximum Gasteiger partial charge on any atom is 0.326 e. The van der Waals surface area contributed by atoms with E-state index in [-0.39, 0.29) is 11.3 Å². The third kappa shape index (κ3) is 5.60. The molecule has 1 rings (SSSR count). The van der Waals surface area contributed by atoms with Gasteiger partial charge < -0.3 is 15.2 Å². The lowest BCUT2D eigenvalue weighted by molar-refractivity contribution is -0.138. The second kappa shape index (κ2) is 7.54. The Hall–Kier alpha value is -1.69. The van der Waals surface area contributed by atoms with Crippen LogP contribution in [-0.2, 0) is 21.6 Å². The molecule has 0 saturated carbocycles. The molecule has 124 valence electrons. The number of aliphatic carboxylic acids is 1. The van der Waals surface area contributed by atoms with Crippen LogP contribution >= 0.6 is 0 Å². The third-order valence-corrected chi connectivity index (χ3v) is 3.07. The summed E-state index contributed by atoms with van der Waals surface area (Å²) in [5.74, 6) is 0.590. The van der Waals surface area contributed by atoms with Gasteiger partial charge >= 0.3 is 5.97 Å². The molecule has 1 heterocycles. The summed E-state index contributed by atoms with van der Waals surface area (Å²) in [4.78, 5) is 20.4. The Morgan fingerprint density at radius 2 is 2.00 bits per heavy atom. The fourth-order valence-corrected chi connectivity index (χ4v) is 2.00. The zero-order chi connectivity index (χ0) is 16.9. The van der Waals surface area contributed by atoms with Gasteiger partial charge in [-0.2, -0.15) is 0 Å². The number of anilines is 1. The van der Waals surface area contributed by atoms with Gasteiger partial charge in [0, 0.05) is 18.6 Å². The normalized spacial score (nSPS) is 13.2. The zero-order valence-corrected chi connectivity index (χ0v) is 14.3. The van der Waals surface area contributed by atoms with Gasteiger partial charge in [-0.05, 0) is 12.3 Å². The lowest BCUT2D eigenvalue weighted by Crippen LogP contribution is -2.31. The van der Waals surface area contributed by atoms with Crippen molar-refractivity contribution in [1.29, 1.82) is 0 Å². The van der Waals surface area contributed by atoms with Gasteiger partial charge in [0.05, 0.1) is 12.3 Å².